The monoisotopic (exact) mass is 388 g/mol. The van der Waals surface area contributed by atoms with E-state index in [1.807, 2.05) is 29.2 Å². The molecule has 0 unspecified atom stereocenters. The topological polar surface area (TPSA) is 32.7 Å². The van der Waals surface area contributed by atoms with Crippen molar-refractivity contribution in [3.05, 3.63) is 69.2 Å². The molecule has 4 rings (SSSR count). The van der Waals surface area contributed by atoms with Gasteiger partial charge in [-0.3, -0.25) is 9.79 Å². The average Bonchev–Trinajstić information content (AvgIpc) is 2.87. The SMILES string of the molecule is O=C1Cc2cc3c(cc2CN1Cc1cccc(Cl)c1)C(Br)=NC3. The Morgan fingerprint density at radius 1 is 1.17 bits per heavy atom. The zero-order valence-corrected chi connectivity index (χ0v) is 14.7. The second-order valence-electron chi connectivity index (χ2n) is 5.94. The summed E-state index contributed by atoms with van der Waals surface area (Å²) in [6, 6.07) is 12.0. The Morgan fingerprint density at radius 2 is 2.04 bits per heavy atom. The number of amides is 1. The average molecular weight is 390 g/mol. The molecule has 0 saturated carbocycles. The second kappa shape index (κ2) is 5.77. The van der Waals surface area contributed by atoms with Crippen molar-refractivity contribution in [2.24, 2.45) is 4.99 Å². The van der Waals surface area contributed by atoms with Crippen LogP contribution in [0.3, 0.4) is 0 Å². The van der Waals surface area contributed by atoms with Gasteiger partial charge in [0, 0.05) is 23.7 Å². The first kappa shape index (κ1) is 14.9. The number of aliphatic imine (C=N–C) groups is 1. The summed E-state index contributed by atoms with van der Waals surface area (Å²) in [4.78, 5) is 18.8. The van der Waals surface area contributed by atoms with Crippen LogP contribution in [0.2, 0.25) is 5.02 Å². The molecule has 0 aliphatic carbocycles. The summed E-state index contributed by atoms with van der Waals surface area (Å²) in [6.07, 6.45) is 0.459. The molecule has 2 aromatic rings. The van der Waals surface area contributed by atoms with E-state index in [4.69, 9.17) is 11.6 Å². The summed E-state index contributed by atoms with van der Waals surface area (Å²) in [6.45, 7) is 1.92. The number of nitrogens with zero attached hydrogens (tertiary/aromatic N) is 2. The standard InChI is InChI=1S/C18H14BrClN2O/c19-18-16-6-14-10-22(9-11-2-1-3-15(20)4-11)17(23)7-12(14)5-13(16)8-21-18/h1-6H,7-10H2. The van der Waals surface area contributed by atoms with Crippen LogP contribution >= 0.6 is 27.5 Å². The molecular weight excluding hydrogens is 376 g/mol. The number of benzene rings is 2. The summed E-state index contributed by atoms with van der Waals surface area (Å²) < 4.78 is 0.911. The fourth-order valence-corrected chi connectivity index (χ4v) is 3.89. The molecule has 0 atom stereocenters. The number of hydrogen-bond donors (Lipinski definition) is 0. The third-order valence-electron chi connectivity index (χ3n) is 4.35. The fourth-order valence-electron chi connectivity index (χ4n) is 3.18. The molecule has 2 heterocycles. The van der Waals surface area contributed by atoms with Crippen molar-refractivity contribution in [2.75, 3.05) is 0 Å². The molecular formula is C18H14BrClN2O. The van der Waals surface area contributed by atoms with Gasteiger partial charge in [-0.05, 0) is 56.4 Å². The Hall–Kier alpha value is -1.65. The van der Waals surface area contributed by atoms with Crippen molar-refractivity contribution in [3.63, 3.8) is 0 Å². The lowest BCUT2D eigenvalue weighted by Gasteiger charge is -2.29. The van der Waals surface area contributed by atoms with Crippen LogP contribution in [0.4, 0.5) is 0 Å². The van der Waals surface area contributed by atoms with E-state index in [2.05, 4.69) is 33.1 Å². The van der Waals surface area contributed by atoms with Crippen LogP contribution in [0.5, 0.6) is 0 Å². The Morgan fingerprint density at radius 3 is 2.87 bits per heavy atom. The fraction of sp³-hybridized carbons (Fsp3) is 0.222. The molecule has 0 bridgehead atoms. The largest absolute Gasteiger partial charge is 0.334 e. The minimum absolute atomic E-state index is 0.162. The normalized spacial score (nSPS) is 16.2. The third kappa shape index (κ3) is 2.81. The molecule has 1 amide bonds. The van der Waals surface area contributed by atoms with Gasteiger partial charge in [-0.2, -0.15) is 0 Å². The number of rotatable bonds is 2. The lowest BCUT2D eigenvalue weighted by Crippen LogP contribution is -2.35. The van der Waals surface area contributed by atoms with Crippen LogP contribution in [-0.2, 0) is 30.8 Å². The molecule has 0 radical (unpaired) electrons. The van der Waals surface area contributed by atoms with E-state index in [9.17, 15) is 4.79 Å². The van der Waals surface area contributed by atoms with E-state index in [1.165, 1.54) is 11.1 Å². The van der Waals surface area contributed by atoms with Gasteiger partial charge in [-0.1, -0.05) is 29.8 Å². The summed E-state index contributed by atoms with van der Waals surface area (Å²) in [5.41, 5.74) is 5.75. The predicted molar refractivity (Wildman–Crippen MR) is 95.0 cm³/mol. The van der Waals surface area contributed by atoms with E-state index in [1.54, 1.807) is 0 Å². The lowest BCUT2D eigenvalue weighted by atomic mass is 9.94. The van der Waals surface area contributed by atoms with Crippen molar-refractivity contribution < 1.29 is 4.79 Å². The maximum Gasteiger partial charge on any atom is 0.227 e. The second-order valence-corrected chi connectivity index (χ2v) is 7.13. The first-order valence-corrected chi connectivity index (χ1v) is 8.64. The smallest absolute Gasteiger partial charge is 0.227 e. The van der Waals surface area contributed by atoms with Gasteiger partial charge < -0.3 is 4.90 Å². The molecule has 0 fully saturated rings. The van der Waals surface area contributed by atoms with Crippen LogP contribution in [0.25, 0.3) is 0 Å². The van der Waals surface area contributed by atoms with E-state index in [0.717, 1.165) is 21.3 Å². The van der Waals surface area contributed by atoms with Gasteiger partial charge in [0.15, 0.2) is 0 Å². The van der Waals surface area contributed by atoms with Gasteiger partial charge in [-0.15, -0.1) is 0 Å². The van der Waals surface area contributed by atoms with Crippen molar-refractivity contribution in [3.8, 4) is 0 Å². The number of fused-ring (bicyclic) bond motifs is 2. The molecule has 0 saturated heterocycles. The third-order valence-corrected chi connectivity index (χ3v) is 5.27. The highest BCUT2D eigenvalue weighted by atomic mass is 79.9. The maximum atomic E-state index is 12.5. The lowest BCUT2D eigenvalue weighted by molar-refractivity contribution is -0.132. The summed E-state index contributed by atoms with van der Waals surface area (Å²) >= 11 is 9.55. The van der Waals surface area contributed by atoms with Crippen molar-refractivity contribution in [1.29, 1.82) is 0 Å². The van der Waals surface area contributed by atoms with Crippen molar-refractivity contribution >= 4 is 38.1 Å². The van der Waals surface area contributed by atoms with E-state index < -0.39 is 0 Å². The van der Waals surface area contributed by atoms with Crippen molar-refractivity contribution in [1.82, 2.24) is 4.90 Å². The molecule has 0 spiro atoms. The zero-order valence-electron chi connectivity index (χ0n) is 12.4. The number of hydrogen-bond acceptors (Lipinski definition) is 2. The maximum absolute atomic E-state index is 12.5. The molecule has 0 aromatic heterocycles. The van der Waals surface area contributed by atoms with E-state index in [0.29, 0.717) is 31.1 Å². The van der Waals surface area contributed by atoms with Gasteiger partial charge in [0.2, 0.25) is 5.91 Å². The van der Waals surface area contributed by atoms with E-state index in [-0.39, 0.29) is 5.91 Å². The minimum Gasteiger partial charge on any atom is -0.334 e. The predicted octanol–water partition coefficient (Wildman–Crippen LogP) is 4.08. The molecule has 0 N–H and O–H groups in total. The van der Waals surface area contributed by atoms with Gasteiger partial charge in [0.05, 0.1) is 13.0 Å². The van der Waals surface area contributed by atoms with Gasteiger partial charge in [0.25, 0.3) is 0 Å². The van der Waals surface area contributed by atoms with Crippen molar-refractivity contribution in [2.45, 2.75) is 26.1 Å². The quantitative estimate of drug-likeness (QED) is 0.762. The molecule has 2 aliphatic heterocycles. The van der Waals surface area contributed by atoms with Crippen LogP contribution in [0.1, 0.15) is 27.8 Å². The van der Waals surface area contributed by atoms with E-state index >= 15 is 0 Å². The first-order chi connectivity index (χ1) is 11.1. The highest BCUT2D eigenvalue weighted by molar-refractivity contribution is 9.18. The van der Waals surface area contributed by atoms with Gasteiger partial charge in [-0.25, -0.2) is 0 Å². The zero-order chi connectivity index (χ0) is 16.0. The summed E-state index contributed by atoms with van der Waals surface area (Å²) in [7, 11) is 0. The first-order valence-electron chi connectivity index (χ1n) is 7.47. The van der Waals surface area contributed by atoms with Gasteiger partial charge >= 0.3 is 0 Å². The molecule has 3 nitrogen and oxygen atoms in total. The minimum atomic E-state index is 0.162. The highest BCUT2D eigenvalue weighted by Gasteiger charge is 2.26. The summed E-state index contributed by atoms with van der Waals surface area (Å²) in [5, 5.41) is 0.699. The Balaban J connectivity index is 1.62. The number of carbonyl (C=O) groups excluding carboxylic acids is 1. The number of halogens is 2. The van der Waals surface area contributed by atoms with Crippen LogP contribution in [0.15, 0.2) is 41.4 Å². The Kier molecular flexibility index (Phi) is 3.74. The Labute approximate surface area is 148 Å². The van der Waals surface area contributed by atoms with Crippen LogP contribution in [-0.4, -0.2) is 15.4 Å². The molecule has 23 heavy (non-hydrogen) atoms. The van der Waals surface area contributed by atoms with Crippen LogP contribution in [0, 0.1) is 0 Å². The molecule has 2 aliphatic rings. The summed E-state index contributed by atoms with van der Waals surface area (Å²) in [5.74, 6) is 0.162. The molecule has 116 valence electrons. The van der Waals surface area contributed by atoms with Gasteiger partial charge in [0.1, 0.15) is 4.62 Å². The molecule has 2 aromatic carbocycles. The van der Waals surface area contributed by atoms with Crippen LogP contribution < -0.4 is 0 Å². The Bertz CT molecular complexity index is 847. The molecule has 5 heteroatoms. The number of carbonyl (C=O) groups is 1. The highest BCUT2D eigenvalue weighted by Crippen LogP contribution is 2.30.